The number of hydrogen-bond donors (Lipinski definition) is 1. The van der Waals surface area contributed by atoms with Crippen LogP contribution in [0.25, 0.3) is 22.9 Å². The van der Waals surface area contributed by atoms with Crippen LogP contribution in [0.3, 0.4) is 0 Å². The molecule has 5 heteroatoms. The summed E-state index contributed by atoms with van der Waals surface area (Å²) in [7, 11) is 1.65. The standard InChI is InChI=1S/C20H21N3O2/c1-25-18-8-5-15(6-9-18)3-4-16-7-10-19-17(13-16)14-22-23(20(19)24)12-2-11-21/h3-10,13-14H,2,11-12,21H2,1H3/b4-3+. The number of nitrogens with two attached hydrogens (primary N) is 1. The van der Waals surface area contributed by atoms with Crippen molar-refractivity contribution in [3.63, 3.8) is 0 Å². The molecule has 25 heavy (non-hydrogen) atoms. The summed E-state index contributed by atoms with van der Waals surface area (Å²) in [6, 6.07) is 13.6. The van der Waals surface area contributed by atoms with Gasteiger partial charge in [0.1, 0.15) is 5.75 Å². The molecule has 0 amide bonds. The van der Waals surface area contributed by atoms with Crippen molar-refractivity contribution < 1.29 is 4.74 Å². The lowest BCUT2D eigenvalue weighted by Gasteiger charge is -2.05. The van der Waals surface area contributed by atoms with Gasteiger partial charge >= 0.3 is 0 Å². The summed E-state index contributed by atoms with van der Waals surface area (Å²) in [6.45, 7) is 1.09. The summed E-state index contributed by atoms with van der Waals surface area (Å²) >= 11 is 0. The lowest BCUT2D eigenvalue weighted by atomic mass is 10.1. The molecule has 0 aliphatic heterocycles. The highest BCUT2D eigenvalue weighted by Gasteiger charge is 2.04. The molecule has 0 aliphatic carbocycles. The van der Waals surface area contributed by atoms with Crippen molar-refractivity contribution in [3.05, 3.63) is 70.1 Å². The minimum atomic E-state index is -0.0726. The normalized spacial score (nSPS) is 11.3. The summed E-state index contributed by atoms with van der Waals surface area (Å²) in [4.78, 5) is 12.4. The van der Waals surface area contributed by atoms with E-state index in [1.54, 1.807) is 13.3 Å². The van der Waals surface area contributed by atoms with Crippen molar-refractivity contribution in [1.29, 1.82) is 0 Å². The van der Waals surface area contributed by atoms with Crippen LogP contribution in [0.2, 0.25) is 0 Å². The fourth-order valence-corrected chi connectivity index (χ4v) is 2.62. The largest absolute Gasteiger partial charge is 0.497 e. The van der Waals surface area contributed by atoms with Crippen LogP contribution >= 0.6 is 0 Å². The zero-order chi connectivity index (χ0) is 17.6. The van der Waals surface area contributed by atoms with Gasteiger partial charge < -0.3 is 10.5 Å². The monoisotopic (exact) mass is 335 g/mol. The Morgan fingerprint density at radius 3 is 2.56 bits per heavy atom. The second-order valence-corrected chi connectivity index (χ2v) is 5.77. The molecule has 0 saturated heterocycles. The molecular formula is C20H21N3O2. The lowest BCUT2D eigenvalue weighted by Crippen LogP contribution is -2.23. The molecule has 0 fully saturated rings. The van der Waals surface area contributed by atoms with E-state index in [9.17, 15) is 4.79 Å². The Labute approximate surface area is 146 Å². The van der Waals surface area contributed by atoms with E-state index < -0.39 is 0 Å². The van der Waals surface area contributed by atoms with Crippen molar-refractivity contribution in [2.75, 3.05) is 13.7 Å². The van der Waals surface area contributed by atoms with E-state index in [2.05, 4.69) is 5.10 Å². The van der Waals surface area contributed by atoms with Gasteiger partial charge in [0.25, 0.3) is 5.56 Å². The topological polar surface area (TPSA) is 70.1 Å². The molecule has 0 atom stereocenters. The number of ether oxygens (including phenoxy) is 1. The molecule has 0 spiro atoms. The van der Waals surface area contributed by atoms with Crippen LogP contribution in [0.1, 0.15) is 17.5 Å². The highest BCUT2D eigenvalue weighted by atomic mass is 16.5. The molecule has 1 aromatic heterocycles. The fraction of sp³-hybridized carbons (Fsp3) is 0.200. The summed E-state index contributed by atoms with van der Waals surface area (Å²) in [6.07, 6.45) is 6.51. The predicted molar refractivity (Wildman–Crippen MR) is 102 cm³/mol. The van der Waals surface area contributed by atoms with Crippen molar-refractivity contribution in [2.45, 2.75) is 13.0 Å². The molecule has 0 bridgehead atoms. The average Bonchev–Trinajstić information content (AvgIpc) is 2.66. The molecule has 0 saturated carbocycles. The Morgan fingerprint density at radius 1 is 1.12 bits per heavy atom. The molecule has 2 N–H and O–H groups in total. The zero-order valence-electron chi connectivity index (χ0n) is 14.2. The molecule has 0 unspecified atom stereocenters. The molecule has 1 heterocycles. The van der Waals surface area contributed by atoms with Crippen LogP contribution in [0.15, 0.2) is 53.5 Å². The third kappa shape index (κ3) is 3.95. The molecule has 5 nitrogen and oxygen atoms in total. The van der Waals surface area contributed by atoms with E-state index in [1.807, 2.05) is 54.6 Å². The maximum absolute atomic E-state index is 12.4. The van der Waals surface area contributed by atoms with Gasteiger partial charge in [-0.25, -0.2) is 4.68 Å². The minimum absolute atomic E-state index is 0.0726. The number of aryl methyl sites for hydroxylation is 1. The first-order valence-corrected chi connectivity index (χ1v) is 8.23. The van der Waals surface area contributed by atoms with Crippen LogP contribution < -0.4 is 16.0 Å². The highest BCUT2D eigenvalue weighted by Crippen LogP contribution is 2.16. The molecule has 0 radical (unpaired) electrons. The summed E-state index contributed by atoms with van der Waals surface area (Å²) in [5, 5.41) is 5.75. The van der Waals surface area contributed by atoms with Crippen LogP contribution in [-0.4, -0.2) is 23.4 Å². The minimum Gasteiger partial charge on any atom is -0.497 e. The van der Waals surface area contributed by atoms with Gasteiger partial charge in [-0.3, -0.25) is 4.79 Å². The second kappa shape index (κ2) is 7.77. The van der Waals surface area contributed by atoms with Gasteiger partial charge in [-0.15, -0.1) is 0 Å². The first kappa shape index (κ1) is 16.9. The zero-order valence-corrected chi connectivity index (χ0v) is 14.2. The van der Waals surface area contributed by atoms with Gasteiger partial charge in [-0.05, 0) is 48.4 Å². The predicted octanol–water partition coefficient (Wildman–Crippen LogP) is 2.92. The molecule has 3 rings (SSSR count). The fourth-order valence-electron chi connectivity index (χ4n) is 2.62. The third-order valence-electron chi connectivity index (χ3n) is 4.03. The molecule has 0 aliphatic rings. The van der Waals surface area contributed by atoms with E-state index in [4.69, 9.17) is 10.5 Å². The van der Waals surface area contributed by atoms with Crippen LogP contribution in [0.5, 0.6) is 5.75 Å². The smallest absolute Gasteiger partial charge is 0.274 e. The number of methoxy groups -OCH3 is 1. The van der Waals surface area contributed by atoms with Gasteiger partial charge in [0.15, 0.2) is 0 Å². The van der Waals surface area contributed by atoms with Gasteiger partial charge in [-0.2, -0.15) is 5.10 Å². The number of nitrogens with zero attached hydrogens (tertiary/aromatic N) is 2. The summed E-state index contributed by atoms with van der Waals surface area (Å²) in [5.41, 5.74) is 7.52. The third-order valence-corrected chi connectivity index (χ3v) is 4.03. The van der Waals surface area contributed by atoms with Crippen molar-refractivity contribution in [2.24, 2.45) is 5.73 Å². The van der Waals surface area contributed by atoms with E-state index in [1.165, 1.54) is 4.68 Å². The van der Waals surface area contributed by atoms with Gasteiger partial charge in [0.05, 0.1) is 18.7 Å². The summed E-state index contributed by atoms with van der Waals surface area (Å²) in [5.74, 6) is 0.833. The van der Waals surface area contributed by atoms with Crippen molar-refractivity contribution >= 4 is 22.9 Å². The van der Waals surface area contributed by atoms with Crippen molar-refractivity contribution in [1.82, 2.24) is 9.78 Å². The Bertz CT molecular complexity index is 943. The van der Waals surface area contributed by atoms with Crippen LogP contribution in [-0.2, 0) is 6.54 Å². The number of fused-ring (bicyclic) bond motifs is 1. The van der Waals surface area contributed by atoms with E-state index in [0.29, 0.717) is 18.5 Å². The SMILES string of the molecule is COc1ccc(/C=C/c2ccc3c(=O)n(CCCN)ncc3c2)cc1. The van der Waals surface area contributed by atoms with E-state index in [0.717, 1.165) is 28.7 Å². The Morgan fingerprint density at radius 2 is 1.84 bits per heavy atom. The van der Waals surface area contributed by atoms with Gasteiger partial charge in [0, 0.05) is 11.9 Å². The van der Waals surface area contributed by atoms with E-state index in [-0.39, 0.29) is 5.56 Å². The Hall–Kier alpha value is -2.92. The average molecular weight is 335 g/mol. The van der Waals surface area contributed by atoms with Crippen molar-refractivity contribution in [3.8, 4) is 5.75 Å². The van der Waals surface area contributed by atoms with Gasteiger partial charge in [0.2, 0.25) is 0 Å². The first-order valence-electron chi connectivity index (χ1n) is 8.23. The van der Waals surface area contributed by atoms with Crippen LogP contribution in [0, 0.1) is 0 Å². The first-order chi connectivity index (χ1) is 12.2. The molecular weight excluding hydrogens is 314 g/mol. The Balaban J connectivity index is 1.85. The number of rotatable bonds is 6. The van der Waals surface area contributed by atoms with Gasteiger partial charge in [-0.1, -0.05) is 30.4 Å². The van der Waals surface area contributed by atoms with E-state index >= 15 is 0 Å². The number of benzene rings is 2. The highest BCUT2D eigenvalue weighted by molar-refractivity contribution is 5.84. The quantitative estimate of drug-likeness (QED) is 0.703. The number of aromatic nitrogens is 2. The van der Waals surface area contributed by atoms with Crippen LogP contribution in [0.4, 0.5) is 0 Å². The maximum atomic E-state index is 12.4. The summed E-state index contributed by atoms with van der Waals surface area (Å²) < 4.78 is 6.63. The second-order valence-electron chi connectivity index (χ2n) is 5.77. The molecule has 2 aromatic carbocycles. The number of hydrogen-bond acceptors (Lipinski definition) is 4. The Kier molecular flexibility index (Phi) is 5.26. The maximum Gasteiger partial charge on any atom is 0.274 e. The lowest BCUT2D eigenvalue weighted by molar-refractivity contribution is 0.415. The molecule has 3 aromatic rings. The molecule has 128 valence electrons.